The van der Waals surface area contributed by atoms with E-state index in [1.54, 1.807) is 0 Å². The summed E-state index contributed by atoms with van der Waals surface area (Å²) >= 11 is 5.71. The first-order chi connectivity index (χ1) is 7.38. The van der Waals surface area contributed by atoms with E-state index in [4.69, 9.17) is 17.3 Å². The van der Waals surface area contributed by atoms with Gasteiger partial charge >= 0.3 is 6.18 Å². The fraction of sp³-hybridized carbons (Fsp3) is 0.100. The van der Waals surface area contributed by atoms with Crippen molar-refractivity contribution in [1.29, 1.82) is 0 Å². The van der Waals surface area contributed by atoms with Gasteiger partial charge in [0, 0.05) is 16.1 Å². The number of nitrogen functional groups attached to an aromatic ring is 1. The van der Waals surface area contributed by atoms with E-state index in [0.717, 1.165) is 6.07 Å². The van der Waals surface area contributed by atoms with Crippen molar-refractivity contribution in [1.82, 2.24) is 4.98 Å². The first-order valence-corrected chi connectivity index (χ1v) is 4.69. The molecule has 84 valence electrons. The quantitative estimate of drug-likeness (QED) is 0.773. The Balaban J connectivity index is 2.74. The first-order valence-electron chi connectivity index (χ1n) is 4.31. The lowest BCUT2D eigenvalue weighted by Crippen LogP contribution is -2.09. The molecule has 2 aromatic rings. The normalized spacial score (nSPS) is 12.0. The number of anilines is 1. The minimum Gasteiger partial charge on any atom is -0.398 e. The number of pyridine rings is 1. The molecule has 0 fully saturated rings. The van der Waals surface area contributed by atoms with Gasteiger partial charge in [-0.3, -0.25) is 0 Å². The number of halogens is 4. The standard InChI is InChI=1S/C10H6ClF3N2/c11-5-1-2-8-6(3-5)7(15)4-9(16-8)10(12,13)14/h1-4H,(H2,15,16). The summed E-state index contributed by atoms with van der Waals surface area (Å²) in [5.41, 5.74) is 4.72. The van der Waals surface area contributed by atoms with Crippen LogP contribution in [0.2, 0.25) is 5.02 Å². The number of nitrogens with two attached hydrogens (primary N) is 1. The average Bonchev–Trinajstić information content (AvgIpc) is 2.17. The molecule has 0 radical (unpaired) electrons. The molecule has 0 saturated heterocycles. The molecule has 1 aromatic heterocycles. The van der Waals surface area contributed by atoms with Crippen LogP contribution in [0, 0.1) is 0 Å². The Hall–Kier alpha value is -1.49. The molecule has 1 heterocycles. The highest BCUT2D eigenvalue weighted by Crippen LogP contribution is 2.32. The van der Waals surface area contributed by atoms with Gasteiger partial charge < -0.3 is 5.73 Å². The van der Waals surface area contributed by atoms with Crippen molar-refractivity contribution >= 4 is 28.2 Å². The second-order valence-corrected chi connectivity index (χ2v) is 3.69. The topological polar surface area (TPSA) is 38.9 Å². The maximum absolute atomic E-state index is 12.4. The lowest BCUT2D eigenvalue weighted by Gasteiger charge is -2.09. The highest BCUT2D eigenvalue weighted by molar-refractivity contribution is 6.31. The van der Waals surface area contributed by atoms with Crippen LogP contribution in [0.15, 0.2) is 24.3 Å². The smallest absolute Gasteiger partial charge is 0.398 e. The minimum atomic E-state index is -4.50. The molecule has 0 unspecified atom stereocenters. The number of rotatable bonds is 0. The summed E-state index contributed by atoms with van der Waals surface area (Å²) in [5, 5.41) is 0.821. The average molecular weight is 247 g/mol. The molecule has 2 nitrogen and oxygen atoms in total. The predicted octanol–water partition coefficient (Wildman–Crippen LogP) is 3.49. The molecule has 0 aliphatic rings. The van der Waals surface area contributed by atoms with Crippen LogP contribution in [0.3, 0.4) is 0 Å². The van der Waals surface area contributed by atoms with Gasteiger partial charge in [-0.15, -0.1) is 0 Å². The van der Waals surface area contributed by atoms with Crippen LogP contribution in [0.25, 0.3) is 10.9 Å². The van der Waals surface area contributed by atoms with Gasteiger partial charge in [-0.2, -0.15) is 13.2 Å². The van der Waals surface area contributed by atoms with E-state index in [-0.39, 0.29) is 11.2 Å². The summed E-state index contributed by atoms with van der Waals surface area (Å²) in [4.78, 5) is 3.48. The Kier molecular flexibility index (Phi) is 2.42. The Bertz CT molecular complexity index is 551. The van der Waals surface area contributed by atoms with Gasteiger partial charge in [0.05, 0.1) is 5.52 Å². The fourth-order valence-corrected chi connectivity index (χ4v) is 1.54. The number of alkyl halides is 3. The van der Waals surface area contributed by atoms with Crippen LogP contribution in [-0.4, -0.2) is 4.98 Å². The molecule has 0 atom stereocenters. The van der Waals surface area contributed by atoms with Gasteiger partial charge in [0.15, 0.2) is 0 Å². The number of aromatic nitrogens is 1. The van der Waals surface area contributed by atoms with Crippen molar-refractivity contribution in [2.45, 2.75) is 6.18 Å². The molecule has 0 aliphatic heterocycles. The SMILES string of the molecule is Nc1cc(C(F)(F)F)nc2ccc(Cl)cc12. The number of benzene rings is 1. The zero-order chi connectivity index (χ0) is 11.9. The molecular formula is C10H6ClF3N2. The van der Waals surface area contributed by atoms with Gasteiger partial charge in [-0.25, -0.2) is 4.98 Å². The highest BCUT2D eigenvalue weighted by Gasteiger charge is 2.33. The van der Waals surface area contributed by atoms with Crippen LogP contribution in [0.4, 0.5) is 18.9 Å². The van der Waals surface area contributed by atoms with Crippen LogP contribution in [-0.2, 0) is 6.18 Å². The summed E-state index contributed by atoms with van der Waals surface area (Å²) in [6.45, 7) is 0. The van der Waals surface area contributed by atoms with E-state index < -0.39 is 11.9 Å². The zero-order valence-electron chi connectivity index (χ0n) is 7.85. The minimum absolute atomic E-state index is 0.0137. The second-order valence-electron chi connectivity index (χ2n) is 3.26. The molecule has 2 rings (SSSR count). The Morgan fingerprint density at radius 3 is 2.50 bits per heavy atom. The largest absolute Gasteiger partial charge is 0.433 e. The molecular weight excluding hydrogens is 241 g/mol. The Morgan fingerprint density at radius 2 is 1.88 bits per heavy atom. The maximum atomic E-state index is 12.4. The van der Waals surface area contributed by atoms with Gasteiger partial charge in [0.2, 0.25) is 0 Å². The van der Waals surface area contributed by atoms with Crippen molar-refractivity contribution in [3.05, 3.63) is 35.0 Å². The summed E-state index contributed by atoms with van der Waals surface area (Å²) in [7, 11) is 0. The van der Waals surface area contributed by atoms with E-state index in [1.165, 1.54) is 18.2 Å². The molecule has 0 bridgehead atoms. The molecule has 6 heteroatoms. The fourth-order valence-electron chi connectivity index (χ4n) is 1.37. The maximum Gasteiger partial charge on any atom is 0.433 e. The number of hydrogen-bond acceptors (Lipinski definition) is 2. The van der Waals surface area contributed by atoms with E-state index >= 15 is 0 Å². The molecule has 16 heavy (non-hydrogen) atoms. The molecule has 0 spiro atoms. The number of hydrogen-bond donors (Lipinski definition) is 1. The molecule has 0 saturated carbocycles. The third kappa shape index (κ3) is 1.90. The summed E-state index contributed by atoms with van der Waals surface area (Å²) in [6, 6.07) is 5.16. The molecule has 0 aliphatic carbocycles. The van der Waals surface area contributed by atoms with E-state index in [1.807, 2.05) is 0 Å². The van der Waals surface area contributed by atoms with Crippen molar-refractivity contribution in [2.24, 2.45) is 0 Å². The highest BCUT2D eigenvalue weighted by atomic mass is 35.5. The zero-order valence-corrected chi connectivity index (χ0v) is 8.60. The summed E-state index contributed by atoms with van der Waals surface area (Å²) in [6.07, 6.45) is -4.50. The van der Waals surface area contributed by atoms with Crippen LogP contribution in [0.1, 0.15) is 5.69 Å². The van der Waals surface area contributed by atoms with Crippen molar-refractivity contribution < 1.29 is 13.2 Å². The van der Waals surface area contributed by atoms with E-state index in [0.29, 0.717) is 10.4 Å². The third-order valence-corrected chi connectivity index (χ3v) is 2.33. The van der Waals surface area contributed by atoms with Gasteiger partial charge in [0.25, 0.3) is 0 Å². The monoisotopic (exact) mass is 246 g/mol. The van der Waals surface area contributed by atoms with Crippen LogP contribution >= 0.6 is 11.6 Å². The summed E-state index contributed by atoms with van der Waals surface area (Å²) in [5.74, 6) is 0. The van der Waals surface area contributed by atoms with E-state index in [2.05, 4.69) is 4.98 Å². The predicted molar refractivity (Wildman–Crippen MR) is 56.2 cm³/mol. The lowest BCUT2D eigenvalue weighted by atomic mass is 10.1. The number of fused-ring (bicyclic) bond motifs is 1. The Labute approximate surface area is 93.8 Å². The van der Waals surface area contributed by atoms with Gasteiger partial charge in [-0.05, 0) is 24.3 Å². The number of nitrogens with zero attached hydrogens (tertiary/aromatic N) is 1. The van der Waals surface area contributed by atoms with Crippen molar-refractivity contribution in [3.63, 3.8) is 0 Å². The van der Waals surface area contributed by atoms with Crippen molar-refractivity contribution in [3.8, 4) is 0 Å². The van der Waals surface area contributed by atoms with Crippen LogP contribution < -0.4 is 5.73 Å². The lowest BCUT2D eigenvalue weighted by molar-refractivity contribution is -0.140. The summed E-state index contributed by atoms with van der Waals surface area (Å²) < 4.78 is 37.3. The second kappa shape index (κ2) is 3.52. The van der Waals surface area contributed by atoms with Crippen molar-refractivity contribution in [2.75, 3.05) is 5.73 Å². The molecule has 1 aromatic carbocycles. The van der Waals surface area contributed by atoms with Crippen LogP contribution in [0.5, 0.6) is 0 Å². The van der Waals surface area contributed by atoms with Gasteiger partial charge in [-0.1, -0.05) is 11.6 Å². The Morgan fingerprint density at radius 1 is 1.19 bits per heavy atom. The molecule has 0 amide bonds. The molecule has 2 N–H and O–H groups in total. The third-order valence-electron chi connectivity index (χ3n) is 2.09. The first kappa shape index (κ1) is 11.0. The van der Waals surface area contributed by atoms with Gasteiger partial charge in [0.1, 0.15) is 5.69 Å². The van der Waals surface area contributed by atoms with E-state index in [9.17, 15) is 13.2 Å².